The summed E-state index contributed by atoms with van der Waals surface area (Å²) in [5.41, 5.74) is 7.72. The zero-order chi connectivity index (χ0) is 23.8. The van der Waals surface area contributed by atoms with Crippen LogP contribution in [0.3, 0.4) is 0 Å². The molecule has 0 saturated carbocycles. The van der Waals surface area contributed by atoms with E-state index < -0.39 is 0 Å². The van der Waals surface area contributed by atoms with Crippen molar-refractivity contribution in [2.45, 2.75) is 26.7 Å². The summed E-state index contributed by atoms with van der Waals surface area (Å²) in [5.74, 6) is -0.137. The van der Waals surface area contributed by atoms with Crippen LogP contribution in [0.4, 0.5) is 5.13 Å². The minimum Gasteiger partial charge on any atom is -0.399 e. The molecule has 5 rings (SSSR count). The number of nitrogens with zero attached hydrogens (tertiary/aromatic N) is 5. The third kappa shape index (κ3) is 4.14. The number of aryl methyl sites for hydroxylation is 2. The maximum Gasteiger partial charge on any atom is 0.223 e. The topological polar surface area (TPSA) is 94.3 Å². The molecule has 0 spiro atoms. The molecular weight excluding hydrogens is 516 g/mol. The Balaban J connectivity index is 1.71. The van der Waals surface area contributed by atoms with Crippen molar-refractivity contribution in [1.29, 1.82) is 0 Å². The van der Waals surface area contributed by atoms with Crippen molar-refractivity contribution >= 4 is 44.5 Å². The average molecular weight is 537 g/mol. The molecule has 0 bridgehead atoms. The molecule has 0 atom stereocenters. The van der Waals surface area contributed by atoms with E-state index >= 15 is 0 Å². The Morgan fingerprint density at radius 2 is 2.15 bits per heavy atom. The number of pyridine rings is 1. The van der Waals surface area contributed by atoms with Gasteiger partial charge in [0.15, 0.2) is 5.13 Å². The van der Waals surface area contributed by atoms with Gasteiger partial charge in [0, 0.05) is 34.4 Å². The quantitative estimate of drug-likeness (QED) is 0.280. The molecular formula is C24H21BrN6O2S. The normalized spacial score (nSPS) is 12.5. The van der Waals surface area contributed by atoms with Crippen molar-refractivity contribution in [2.75, 3.05) is 12.4 Å². The van der Waals surface area contributed by atoms with Crippen LogP contribution in [0.5, 0.6) is 0 Å². The Hall–Kier alpha value is -3.37. The Morgan fingerprint density at radius 1 is 1.29 bits per heavy atom. The molecule has 0 fully saturated rings. The van der Waals surface area contributed by atoms with Crippen LogP contribution in [0.25, 0.3) is 27.5 Å². The Morgan fingerprint density at radius 3 is 2.85 bits per heavy atom. The Labute approximate surface area is 208 Å². The standard InChI is InChI=1S/C24H21BrN6O2S/c1-13-4-6-16(12-26-13)21-17-7-8-19-23(34-24(29-19)28-14(2)32)22(17)31(30-21)20-9-5-15(10-18(20)25)11-27-33-3/h4-6,9-12H,7-8H2,1-3H3,(H,28,29,32). The molecule has 8 nitrogen and oxygen atoms in total. The number of anilines is 1. The molecule has 0 unspecified atom stereocenters. The van der Waals surface area contributed by atoms with E-state index in [-0.39, 0.29) is 5.91 Å². The number of hydrogen-bond donors (Lipinski definition) is 1. The number of fused-ring (bicyclic) bond motifs is 3. The van der Waals surface area contributed by atoms with Gasteiger partial charge in [-0.15, -0.1) is 0 Å². The average Bonchev–Trinajstić information content (AvgIpc) is 3.38. The molecule has 0 saturated heterocycles. The number of nitrogens with one attached hydrogen (secondary N) is 1. The summed E-state index contributed by atoms with van der Waals surface area (Å²) in [6.45, 7) is 3.46. The second-order valence-corrected chi connectivity index (χ2v) is 9.73. The lowest BCUT2D eigenvalue weighted by molar-refractivity contribution is -0.114. The smallest absolute Gasteiger partial charge is 0.223 e. The minimum atomic E-state index is -0.137. The summed E-state index contributed by atoms with van der Waals surface area (Å²) in [7, 11) is 1.51. The first-order chi connectivity index (χ1) is 16.4. The summed E-state index contributed by atoms with van der Waals surface area (Å²) in [4.78, 5) is 26.6. The van der Waals surface area contributed by atoms with E-state index in [2.05, 4.69) is 42.4 Å². The van der Waals surface area contributed by atoms with Crippen LogP contribution < -0.4 is 5.32 Å². The molecule has 10 heteroatoms. The van der Waals surface area contributed by atoms with Crippen LogP contribution in [-0.4, -0.2) is 39.0 Å². The first kappa shape index (κ1) is 22.4. The van der Waals surface area contributed by atoms with Gasteiger partial charge >= 0.3 is 0 Å². The van der Waals surface area contributed by atoms with E-state index in [1.54, 1.807) is 6.21 Å². The summed E-state index contributed by atoms with van der Waals surface area (Å²) in [6.07, 6.45) is 5.10. The van der Waals surface area contributed by atoms with E-state index in [0.29, 0.717) is 5.13 Å². The second-order valence-electron chi connectivity index (χ2n) is 7.88. The lowest BCUT2D eigenvalue weighted by atomic mass is 9.95. The lowest BCUT2D eigenvalue weighted by Gasteiger charge is -2.15. The number of aromatic nitrogens is 4. The van der Waals surface area contributed by atoms with Crippen LogP contribution in [0.15, 0.2) is 46.2 Å². The fourth-order valence-corrected chi connectivity index (χ4v) is 5.66. The molecule has 1 aliphatic rings. The number of amides is 1. The Kier molecular flexibility index (Phi) is 6.01. The van der Waals surface area contributed by atoms with E-state index in [0.717, 1.165) is 67.3 Å². The van der Waals surface area contributed by atoms with E-state index in [9.17, 15) is 4.79 Å². The highest BCUT2D eigenvalue weighted by atomic mass is 79.9. The van der Waals surface area contributed by atoms with Gasteiger partial charge in [0.1, 0.15) is 7.11 Å². The van der Waals surface area contributed by atoms with Gasteiger partial charge in [-0.05, 0) is 65.5 Å². The van der Waals surface area contributed by atoms with Crippen LogP contribution >= 0.6 is 27.3 Å². The van der Waals surface area contributed by atoms with Crippen molar-refractivity contribution in [2.24, 2.45) is 5.16 Å². The predicted octanol–water partition coefficient (Wildman–Crippen LogP) is 5.17. The molecule has 4 aromatic rings. The highest BCUT2D eigenvalue weighted by Gasteiger charge is 2.30. The summed E-state index contributed by atoms with van der Waals surface area (Å²) < 4.78 is 2.82. The monoisotopic (exact) mass is 536 g/mol. The third-order valence-electron chi connectivity index (χ3n) is 5.48. The van der Waals surface area contributed by atoms with Gasteiger partial charge in [-0.2, -0.15) is 5.10 Å². The van der Waals surface area contributed by atoms with Crippen molar-refractivity contribution in [3.8, 4) is 27.5 Å². The number of hydrogen-bond acceptors (Lipinski definition) is 7. The highest BCUT2D eigenvalue weighted by molar-refractivity contribution is 9.10. The number of halogens is 1. The van der Waals surface area contributed by atoms with Gasteiger partial charge < -0.3 is 10.2 Å². The van der Waals surface area contributed by atoms with Crippen molar-refractivity contribution in [3.63, 3.8) is 0 Å². The number of carbonyl (C=O) groups is 1. The number of benzene rings is 1. The maximum absolute atomic E-state index is 11.6. The van der Waals surface area contributed by atoms with Gasteiger partial charge in [-0.1, -0.05) is 22.6 Å². The second kappa shape index (κ2) is 9.11. The van der Waals surface area contributed by atoms with Gasteiger partial charge in [-0.3, -0.25) is 9.78 Å². The number of carbonyl (C=O) groups excluding carboxylic acids is 1. The molecule has 1 N–H and O–H groups in total. The van der Waals surface area contributed by atoms with Crippen LogP contribution in [0.2, 0.25) is 0 Å². The van der Waals surface area contributed by atoms with Crippen molar-refractivity contribution in [1.82, 2.24) is 19.7 Å². The number of thiazole rings is 1. The highest BCUT2D eigenvalue weighted by Crippen LogP contribution is 2.44. The molecule has 0 radical (unpaired) electrons. The lowest BCUT2D eigenvalue weighted by Crippen LogP contribution is -2.07. The SMILES string of the molecule is CON=Cc1ccc(-n2nc(-c3ccc(C)nc3)c3c2-c2sc(NC(C)=O)nc2CC3)c(Br)c1. The van der Waals surface area contributed by atoms with Gasteiger partial charge in [-0.25, -0.2) is 9.67 Å². The van der Waals surface area contributed by atoms with E-state index in [1.165, 1.54) is 25.4 Å². The van der Waals surface area contributed by atoms with Crippen LogP contribution in [0, 0.1) is 6.92 Å². The number of oxime groups is 1. The first-order valence-electron chi connectivity index (χ1n) is 10.6. The Bertz CT molecular complexity index is 1420. The fourth-order valence-electron chi connectivity index (χ4n) is 3.98. The van der Waals surface area contributed by atoms with Crippen molar-refractivity contribution in [3.05, 3.63) is 63.5 Å². The molecule has 172 valence electrons. The number of rotatable bonds is 5. The van der Waals surface area contributed by atoms with E-state index in [1.807, 2.05) is 42.1 Å². The summed E-state index contributed by atoms with van der Waals surface area (Å²) in [6, 6.07) is 9.98. The molecule has 1 amide bonds. The van der Waals surface area contributed by atoms with Crippen LogP contribution in [0.1, 0.15) is 29.4 Å². The molecule has 3 heterocycles. The third-order valence-corrected chi connectivity index (χ3v) is 7.14. The molecule has 0 aliphatic heterocycles. The van der Waals surface area contributed by atoms with Crippen molar-refractivity contribution < 1.29 is 9.63 Å². The molecule has 1 aliphatic carbocycles. The molecule has 34 heavy (non-hydrogen) atoms. The molecule has 1 aromatic carbocycles. The minimum absolute atomic E-state index is 0.137. The summed E-state index contributed by atoms with van der Waals surface area (Å²) in [5, 5.41) is 12.3. The predicted molar refractivity (Wildman–Crippen MR) is 137 cm³/mol. The van der Waals surface area contributed by atoms with Gasteiger partial charge in [0.2, 0.25) is 5.91 Å². The maximum atomic E-state index is 11.6. The van der Waals surface area contributed by atoms with Crippen LogP contribution in [-0.2, 0) is 22.5 Å². The van der Waals surface area contributed by atoms with Gasteiger partial charge in [0.05, 0.1) is 33.9 Å². The largest absolute Gasteiger partial charge is 0.399 e. The fraction of sp³-hybridized carbons (Fsp3) is 0.208. The zero-order valence-electron chi connectivity index (χ0n) is 18.8. The van der Waals surface area contributed by atoms with E-state index in [4.69, 9.17) is 9.94 Å². The van der Waals surface area contributed by atoms with Gasteiger partial charge in [0.25, 0.3) is 0 Å². The summed E-state index contributed by atoms with van der Waals surface area (Å²) >= 11 is 5.19. The molecule has 3 aromatic heterocycles. The first-order valence-corrected chi connectivity index (χ1v) is 12.2. The zero-order valence-corrected chi connectivity index (χ0v) is 21.2.